The predicted molar refractivity (Wildman–Crippen MR) is 94.7 cm³/mol. The van der Waals surface area contributed by atoms with E-state index in [1.54, 1.807) is 43.5 Å². The number of hydrogen-bond donors (Lipinski definition) is 1. The van der Waals surface area contributed by atoms with E-state index >= 15 is 0 Å². The number of benzene rings is 2. The van der Waals surface area contributed by atoms with Crippen LogP contribution < -0.4 is 20.4 Å². The Kier molecular flexibility index (Phi) is 4.43. The highest BCUT2D eigenvalue weighted by atomic mass is 16.5. The number of fused-ring (bicyclic) bond motifs is 1. The van der Waals surface area contributed by atoms with E-state index in [1.807, 2.05) is 6.92 Å². The summed E-state index contributed by atoms with van der Waals surface area (Å²) in [5, 5.41) is 3.60. The van der Waals surface area contributed by atoms with Crippen molar-refractivity contribution in [2.75, 3.05) is 19.5 Å². The number of carbonyl (C=O) groups excluding carboxylic acids is 1. The number of ether oxygens (including phenoxy) is 2. The number of hydrogen-bond acceptors (Lipinski definition) is 5. The fourth-order valence-electron chi connectivity index (χ4n) is 2.59. The molecule has 0 bridgehead atoms. The van der Waals surface area contributed by atoms with Gasteiger partial charge >= 0.3 is 5.63 Å². The lowest BCUT2D eigenvalue weighted by Gasteiger charge is -2.11. The van der Waals surface area contributed by atoms with Crippen molar-refractivity contribution in [3.05, 3.63) is 64.0 Å². The Labute approximate surface area is 144 Å². The molecule has 2 aromatic carbocycles. The fraction of sp³-hybridized carbons (Fsp3) is 0.158. The molecule has 0 spiro atoms. The second-order valence-corrected chi connectivity index (χ2v) is 5.48. The van der Waals surface area contributed by atoms with Crippen LogP contribution in [0.3, 0.4) is 0 Å². The molecule has 3 aromatic rings. The molecule has 0 aliphatic rings. The SMILES string of the molecule is COc1ccc(C(=O)Nc2ccc3c(C)cc(=O)oc3c2)c(OC)c1. The molecule has 0 fully saturated rings. The van der Waals surface area contributed by atoms with Crippen LogP contribution in [0.1, 0.15) is 15.9 Å². The minimum atomic E-state index is -0.426. The van der Waals surface area contributed by atoms with E-state index in [-0.39, 0.29) is 5.91 Å². The number of rotatable bonds is 4. The molecule has 1 amide bonds. The van der Waals surface area contributed by atoms with E-state index in [9.17, 15) is 9.59 Å². The molecule has 0 aliphatic carbocycles. The molecule has 6 nitrogen and oxygen atoms in total. The smallest absolute Gasteiger partial charge is 0.336 e. The first kappa shape index (κ1) is 16.6. The van der Waals surface area contributed by atoms with Gasteiger partial charge in [-0.25, -0.2) is 4.79 Å². The van der Waals surface area contributed by atoms with E-state index in [2.05, 4.69) is 5.32 Å². The van der Waals surface area contributed by atoms with Gasteiger partial charge in [-0.2, -0.15) is 0 Å². The molecular formula is C19H17NO5. The maximum absolute atomic E-state index is 12.5. The number of methoxy groups -OCH3 is 2. The van der Waals surface area contributed by atoms with Crippen LogP contribution in [0.15, 0.2) is 51.7 Å². The standard InChI is InChI=1S/C19H17NO5/c1-11-8-18(21)25-17-9-12(4-6-14(11)17)20-19(22)15-7-5-13(23-2)10-16(15)24-3/h4-10H,1-3H3,(H,20,22). The Balaban J connectivity index is 1.93. The van der Waals surface area contributed by atoms with E-state index in [1.165, 1.54) is 13.2 Å². The fourth-order valence-corrected chi connectivity index (χ4v) is 2.59. The summed E-state index contributed by atoms with van der Waals surface area (Å²) in [5.74, 6) is 0.658. The van der Waals surface area contributed by atoms with Gasteiger partial charge < -0.3 is 19.2 Å². The summed E-state index contributed by atoms with van der Waals surface area (Å²) in [4.78, 5) is 24.1. The van der Waals surface area contributed by atoms with E-state index in [0.29, 0.717) is 28.3 Å². The van der Waals surface area contributed by atoms with Crippen molar-refractivity contribution in [2.45, 2.75) is 6.92 Å². The van der Waals surface area contributed by atoms with Crippen LogP contribution >= 0.6 is 0 Å². The second-order valence-electron chi connectivity index (χ2n) is 5.48. The number of anilines is 1. The molecule has 0 aliphatic heterocycles. The predicted octanol–water partition coefficient (Wildman–Crippen LogP) is 3.37. The third-order valence-electron chi connectivity index (χ3n) is 3.86. The van der Waals surface area contributed by atoms with Gasteiger partial charge in [0.25, 0.3) is 5.91 Å². The Bertz CT molecular complexity index is 1010. The molecule has 128 valence electrons. The number of nitrogens with one attached hydrogen (secondary N) is 1. The quantitative estimate of drug-likeness (QED) is 0.737. The average molecular weight is 339 g/mol. The number of carbonyl (C=O) groups is 1. The van der Waals surface area contributed by atoms with Crippen molar-refractivity contribution >= 4 is 22.6 Å². The molecular weight excluding hydrogens is 322 g/mol. The van der Waals surface area contributed by atoms with Crippen LogP contribution in [0.5, 0.6) is 11.5 Å². The van der Waals surface area contributed by atoms with Gasteiger partial charge in [-0.15, -0.1) is 0 Å². The van der Waals surface area contributed by atoms with Gasteiger partial charge in [0.05, 0.1) is 19.8 Å². The summed E-state index contributed by atoms with van der Waals surface area (Å²) in [6.45, 7) is 1.83. The van der Waals surface area contributed by atoms with Crippen LogP contribution in [0.2, 0.25) is 0 Å². The van der Waals surface area contributed by atoms with Gasteiger partial charge in [-0.1, -0.05) is 0 Å². The van der Waals surface area contributed by atoms with Crippen LogP contribution in [0.4, 0.5) is 5.69 Å². The third kappa shape index (κ3) is 3.33. The van der Waals surface area contributed by atoms with Crippen molar-refractivity contribution in [1.82, 2.24) is 0 Å². The highest BCUT2D eigenvalue weighted by Gasteiger charge is 2.14. The zero-order chi connectivity index (χ0) is 18.0. The molecule has 0 atom stereocenters. The topological polar surface area (TPSA) is 77.8 Å². The first-order chi connectivity index (χ1) is 12.0. The molecule has 0 radical (unpaired) electrons. The van der Waals surface area contributed by atoms with Gasteiger partial charge in [-0.3, -0.25) is 4.79 Å². The second kappa shape index (κ2) is 6.68. The van der Waals surface area contributed by atoms with Gasteiger partial charge in [0.15, 0.2) is 0 Å². The van der Waals surface area contributed by atoms with E-state index < -0.39 is 5.63 Å². The summed E-state index contributed by atoms with van der Waals surface area (Å²) in [6.07, 6.45) is 0. The highest BCUT2D eigenvalue weighted by molar-refractivity contribution is 6.07. The molecule has 0 unspecified atom stereocenters. The number of aryl methyl sites for hydroxylation is 1. The van der Waals surface area contributed by atoms with Gasteiger partial charge in [0, 0.05) is 29.3 Å². The van der Waals surface area contributed by atoms with Gasteiger partial charge in [0.2, 0.25) is 0 Å². The minimum Gasteiger partial charge on any atom is -0.497 e. The maximum atomic E-state index is 12.5. The van der Waals surface area contributed by atoms with Crippen molar-refractivity contribution in [3.8, 4) is 11.5 Å². The summed E-state index contributed by atoms with van der Waals surface area (Å²) < 4.78 is 15.6. The molecule has 6 heteroatoms. The van der Waals surface area contributed by atoms with Gasteiger partial charge in [0.1, 0.15) is 17.1 Å². The molecule has 25 heavy (non-hydrogen) atoms. The summed E-state index contributed by atoms with van der Waals surface area (Å²) in [5.41, 5.74) is 1.70. The van der Waals surface area contributed by atoms with Crippen molar-refractivity contribution in [3.63, 3.8) is 0 Å². The normalized spacial score (nSPS) is 10.5. The summed E-state index contributed by atoms with van der Waals surface area (Å²) >= 11 is 0. The highest BCUT2D eigenvalue weighted by Crippen LogP contribution is 2.26. The zero-order valence-electron chi connectivity index (χ0n) is 14.1. The van der Waals surface area contributed by atoms with Crippen molar-refractivity contribution < 1.29 is 18.7 Å². The van der Waals surface area contributed by atoms with Crippen LogP contribution in [0.25, 0.3) is 11.0 Å². The third-order valence-corrected chi connectivity index (χ3v) is 3.86. The lowest BCUT2D eigenvalue weighted by Crippen LogP contribution is -2.13. The monoisotopic (exact) mass is 339 g/mol. The molecule has 3 rings (SSSR count). The van der Waals surface area contributed by atoms with Gasteiger partial charge in [-0.05, 0) is 36.8 Å². The number of amides is 1. The Morgan fingerprint density at radius 2 is 1.84 bits per heavy atom. The first-order valence-electron chi connectivity index (χ1n) is 7.59. The van der Waals surface area contributed by atoms with Crippen LogP contribution in [-0.4, -0.2) is 20.1 Å². The zero-order valence-corrected chi connectivity index (χ0v) is 14.1. The Hall–Kier alpha value is -3.28. The Morgan fingerprint density at radius 3 is 2.56 bits per heavy atom. The average Bonchev–Trinajstić information content (AvgIpc) is 2.60. The summed E-state index contributed by atoms with van der Waals surface area (Å²) in [7, 11) is 3.03. The molecule has 1 heterocycles. The lowest BCUT2D eigenvalue weighted by molar-refractivity contribution is 0.102. The van der Waals surface area contributed by atoms with E-state index in [4.69, 9.17) is 13.9 Å². The van der Waals surface area contributed by atoms with Crippen LogP contribution in [0, 0.1) is 6.92 Å². The van der Waals surface area contributed by atoms with E-state index in [0.717, 1.165) is 10.9 Å². The van der Waals surface area contributed by atoms with Crippen molar-refractivity contribution in [2.24, 2.45) is 0 Å². The molecule has 0 saturated heterocycles. The summed E-state index contributed by atoms with van der Waals surface area (Å²) in [6, 6.07) is 11.5. The van der Waals surface area contributed by atoms with Crippen LogP contribution in [-0.2, 0) is 0 Å². The lowest BCUT2D eigenvalue weighted by atomic mass is 10.1. The molecule has 1 aromatic heterocycles. The minimum absolute atomic E-state index is 0.339. The van der Waals surface area contributed by atoms with Crippen molar-refractivity contribution in [1.29, 1.82) is 0 Å². The molecule has 1 N–H and O–H groups in total. The largest absolute Gasteiger partial charge is 0.497 e. The maximum Gasteiger partial charge on any atom is 0.336 e. The Morgan fingerprint density at radius 1 is 1.04 bits per heavy atom. The molecule has 0 saturated carbocycles. The first-order valence-corrected chi connectivity index (χ1v) is 7.59.